The van der Waals surface area contributed by atoms with Crippen molar-refractivity contribution in [2.24, 2.45) is 5.92 Å². The summed E-state index contributed by atoms with van der Waals surface area (Å²) in [4.78, 5) is 2.45. The summed E-state index contributed by atoms with van der Waals surface area (Å²) in [6, 6.07) is 0. The number of ether oxygens (including phenoxy) is 1. The van der Waals surface area contributed by atoms with Crippen LogP contribution in [0.15, 0.2) is 0 Å². The molecule has 1 aliphatic rings. The first-order valence-electron chi connectivity index (χ1n) is 8.36. The maximum Gasteiger partial charge on any atom is 0.0603 e. The van der Waals surface area contributed by atoms with Crippen molar-refractivity contribution in [3.63, 3.8) is 0 Å². The van der Waals surface area contributed by atoms with Gasteiger partial charge in [-0.3, -0.25) is 0 Å². The van der Waals surface area contributed by atoms with Gasteiger partial charge >= 0.3 is 0 Å². The molecule has 0 saturated heterocycles. The van der Waals surface area contributed by atoms with Crippen LogP contribution in [0.2, 0.25) is 0 Å². The van der Waals surface area contributed by atoms with Gasteiger partial charge in [-0.15, -0.1) is 0 Å². The van der Waals surface area contributed by atoms with Crippen LogP contribution < -0.4 is 5.32 Å². The van der Waals surface area contributed by atoms with Crippen LogP contribution in [0.25, 0.3) is 0 Å². The predicted molar refractivity (Wildman–Crippen MR) is 82.6 cm³/mol. The largest absolute Gasteiger partial charge is 0.377 e. The third-order valence-electron chi connectivity index (χ3n) is 4.47. The molecule has 0 aliphatic heterocycles. The van der Waals surface area contributed by atoms with E-state index in [1.807, 2.05) is 0 Å². The van der Waals surface area contributed by atoms with Crippen LogP contribution in [0, 0.1) is 5.92 Å². The zero-order valence-electron chi connectivity index (χ0n) is 13.3. The van der Waals surface area contributed by atoms with E-state index in [0.29, 0.717) is 6.10 Å². The van der Waals surface area contributed by atoms with Gasteiger partial charge in [-0.25, -0.2) is 0 Å². The Bertz CT molecular complexity index is 207. The monoisotopic (exact) mass is 270 g/mol. The minimum absolute atomic E-state index is 0.531. The Morgan fingerprint density at radius 1 is 1.05 bits per heavy atom. The van der Waals surface area contributed by atoms with E-state index in [0.717, 1.165) is 45.2 Å². The number of nitrogens with one attached hydrogen (secondary N) is 1. The van der Waals surface area contributed by atoms with E-state index in [2.05, 4.69) is 31.0 Å². The van der Waals surface area contributed by atoms with Crippen molar-refractivity contribution in [1.29, 1.82) is 0 Å². The summed E-state index contributed by atoms with van der Waals surface area (Å²) in [6.07, 6.45) is 7.22. The van der Waals surface area contributed by atoms with E-state index >= 15 is 0 Å². The second-order valence-electron chi connectivity index (χ2n) is 5.64. The number of rotatable bonds is 10. The molecule has 0 spiro atoms. The maximum atomic E-state index is 6.07. The van der Waals surface area contributed by atoms with Gasteiger partial charge in [0.05, 0.1) is 12.7 Å². The molecule has 1 rings (SSSR count). The van der Waals surface area contributed by atoms with Crippen LogP contribution in [-0.2, 0) is 4.74 Å². The fraction of sp³-hybridized carbons (Fsp3) is 1.00. The molecule has 2 atom stereocenters. The van der Waals surface area contributed by atoms with Crippen molar-refractivity contribution in [1.82, 2.24) is 10.2 Å². The molecule has 3 nitrogen and oxygen atoms in total. The van der Waals surface area contributed by atoms with Crippen molar-refractivity contribution < 1.29 is 4.74 Å². The molecular weight excluding hydrogens is 236 g/mol. The maximum absolute atomic E-state index is 6.07. The number of hydrogen-bond acceptors (Lipinski definition) is 3. The van der Waals surface area contributed by atoms with Crippen molar-refractivity contribution >= 4 is 0 Å². The molecule has 114 valence electrons. The molecule has 0 bridgehead atoms. The lowest BCUT2D eigenvalue weighted by Crippen LogP contribution is -2.34. The molecule has 2 unspecified atom stereocenters. The van der Waals surface area contributed by atoms with Crippen LogP contribution in [0.4, 0.5) is 0 Å². The van der Waals surface area contributed by atoms with E-state index < -0.39 is 0 Å². The molecule has 0 aromatic rings. The molecule has 0 radical (unpaired) electrons. The Kier molecular flexibility index (Phi) is 9.48. The highest BCUT2D eigenvalue weighted by Gasteiger charge is 2.23. The second-order valence-corrected chi connectivity index (χ2v) is 5.64. The highest BCUT2D eigenvalue weighted by atomic mass is 16.5. The lowest BCUT2D eigenvalue weighted by atomic mass is 9.85. The van der Waals surface area contributed by atoms with Gasteiger partial charge < -0.3 is 15.0 Å². The Labute approximate surface area is 120 Å². The lowest BCUT2D eigenvalue weighted by molar-refractivity contribution is -0.0103. The minimum Gasteiger partial charge on any atom is -0.377 e. The average molecular weight is 270 g/mol. The second kappa shape index (κ2) is 10.6. The molecule has 1 aliphatic carbocycles. The smallest absolute Gasteiger partial charge is 0.0603 e. The van der Waals surface area contributed by atoms with Crippen molar-refractivity contribution in [3.05, 3.63) is 0 Å². The lowest BCUT2D eigenvalue weighted by Gasteiger charge is -2.30. The average Bonchev–Trinajstić information content (AvgIpc) is 2.47. The normalized spacial score (nSPS) is 24.0. The van der Waals surface area contributed by atoms with E-state index in [1.165, 1.54) is 32.1 Å². The zero-order chi connectivity index (χ0) is 13.9. The molecule has 1 saturated carbocycles. The molecule has 0 heterocycles. The summed E-state index contributed by atoms with van der Waals surface area (Å²) in [5.74, 6) is 0.810. The number of hydrogen-bond donors (Lipinski definition) is 1. The van der Waals surface area contributed by atoms with Crippen LogP contribution >= 0.6 is 0 Å². The Morgan fingerprint density at radius 3 is 2.47 bits per heavy atom. The number of nitrogens with zero attached hydrogens (tertiary/aromatic N) is 1. The predicted octanol–water partition coefficient (Wildman–Crippen LogP) is 2.90. The van der Waals surface area contributed by atoms with Gasteiger partial charge in [0.25, 0.3) is 0 Å². The summed E-state index contributed by atoms with van der Waals surface area (Å²) >= 11 is 0. The first kappa shape index (κ1) is 16.9. The molecular formula is C16H34N2O. The highest BCUT2D eigenvalue weighted by molar-refractivity contribution is 4.75. The summed E-state index contributed by atoms with van der Waals surface area (Å²) in [5, 5.41) is 3.49. The zero-order valence-corrected chi connectivity index (χ0v) is 13.3. The van der Waals surface area contributed by atoms with Gasteiger partial charge in [0.2, 0.25) is 0 Å². The summed E-state index contributed by atoms with van der Waals surface area (Å²) < 4.78 is 6.07. The Hall–Kier alpha value is -0.120. The van der Waals surface area contributed by atoms with E-state index in [1.54, 1.807) is 0 Å². The summed E-state index contributed by atoms with van der Waals surface area (Å²) in [5.41, 5.74) is 0. The molecule has 3 heteroatoms. The van der Waals surface area contributed by atoms with Crippen LogP contribution in [0.3, 0.4) is 0 Å². The van der Waals surface area contributed by atoms with E-state index in [4.69, 9.17) is 4.74 Å². The SMILES string of the molecule is CCC1CCCCC1OCCNCCN(CC)CC. The minimum atomic E-state index is 0.531. The van der Waals surface area contributed by atoms with E-state index in [9.17, 15) is 0 Å². The molecule has 0 aromatic heterocycles. The van der Waals surface area contributed by atoms with Gasteiger partial charge in [0, 0.05) is 19.6 Å². The third-order valence-corrected chi connectivity index (χ3v) is 4.47. The standard InChI is InChI=1S/C16H34N2O/c1-4-15-9-7-8-10-16(15)19-14-12-17-11-13-18(5-2)6-3/h15-17H,4-14H2,1-3H3. The van der Waals surface area contributed by atoms with Crippen LogP contribution in [0.1, 0.15) is 52.9 Å². The van der Waals surface area contributed by atoms with Gasteiger partial charge in [0.15, 0.2) is 0 Å². The highest BCUT2D eigenvalue weighted by Crippen LogP contribution is 2.28. The van der Waals surface area contributed by atoms with Crippen LogP contribution in [0.5, 0.6) is 0 Å². The number of likely N-dealkylation sites (N-methyl/N-ethyl adjacent to an activating group) is 1. The summed E-state index contributed by atoms with van der Waals surface area (Å²) in [6.45, 7) is 13.1. The molecule has 1 N–H and O–H groups in total. The molecule has 0 aromatic carbocycles. The quantitative estimate of drug-likeness (QED) is 0.618. The van der Waals surface area contributed by atoms with Crippen molar-refractivity contribution in [3.8, 4) is 0 Å². The fourth-order valence-corrected chi connectivity index (χ4v) is 3.04. The van der Waals surface area contributed by atoms with Gasteiger partial charge in [-0.05, 0) is 31.8 Å². The van der Waals surface area contributed by atoms with Crippen molar-refractivity contribution in [2.45, 2.75) is 59.0 Å². The molecule has 1 fully saturated rings. The third kappa shape index (κ3) is 6.73. The van der Waals surface area contributed by atoms with Gasteiger partial charge in [0.1, 0.15) is 0 Å². The summed E-state index contributed by atoms with van der Waals surface area (Å²) in [7, 11) is 0. The fourth-order valence-electron chi connectivity index (χ4n) is 3.04. The topological polar surface area (TPSA) is 24.5 Å². The molecule has 19 heavy (non-hydrogen) atoms. The van der Waals surface area contributed by atoms with E-state index in [-0.39, 0.29) is 0 Å². The first-order valence-corrected chi connectivity index (χ1v) is 8.36. The van der Waals surface area contributed by atoms with Gasteiger partial charge in [-0.1, -0.05) is 40.0 Å². The Morgan fingerprint density at radius 2 is 1.79 bits per heavy atom. The van der Waals surface area contributed by atoms with Gasteiger partial charge in [-0.2, -0.15) is 0 Å². The Balaban J connectivity index is 2.00. The van der Waals surface area contributed by atoms with Crippen molar-refractivity contribution in [2.75, 3.05) is 39.3 Å². The van der Waals surface area contributed by atoms with Crippen LogP contribution in [-0.4, -0.2) is 50.3 Å². The first-order chi connectivity index (χ1) is 9.31. The molecule has 0 amide bonds.